The third-order valence-corrected chi connectivity index (χ3v) is 5.98. The highest BCUT2D eigenvalue weighted by atomic mass is 32.2. The van der Waals surface area contributed by atoms with E-state index in [-0.39, 0.29) is 5.63 Å². The minimum atomic E-state index is -0.310. The second kappa shape index (κ2) is 6.03. The van der Waals surface area contributed by atoms with Gasteiger partial charge in [0, 0.05) is 22.6 Å². The van der Waals surface area contributed by atoms with Crippen molar-refractivity contribution in [2.24, 2.45) is 0 Å². The number of aryl methyl sites for hydroxylation is 2. The van der Waals surface area contributed by atoms with Crippen molar-refractivity contribution in [1.82, 2.24) is 9.97 Å². The molecule has 3 heterocycles. The molecule has 0 unspecified atom stereocenters. The van der Waals surface area contributed by atoms with Crippen LogP contribution in [0.5, 0.6) is 0 Å². The molecule has 0 amide bonds. The fourth-order valence-electron chi connectivity index (χ4n) is 2.67. The maximum atomic E-state index is 12.0. The maximum Gasteiger partial charge on any atom is 0.336 e. The molecule has 4 rings (SSSR count). The van der Waals surface area contributed by atoms with Gasteiger partial charge in [-0.25, -0.2) is 14.8 Å². The number of aromatic nitrogens is 2. The normalized spacial score (nSPS) is 11.4. The van der Waals surface area contributed by atoms with Gasteiger partial charge in [0.15, 0.2) is 0 Å². The van der Waals surface area contributed by atoms with Gasteiger partial charge in [-0.1, -0.05) is 12.1 Å². The van der Waals surface area contributed by atoms with E-state index in [1.54, 1.807) is 35.5 Å². The minimum Gasteiger partial charge on any atom is -0.422 e. The molecule has 1 aromatic carbocycles. The molecule has 4 nitrogen and oxygen atoms in total. The molecule has 0 fully saturated rings. The van der Waals surface area contributed by atoms with Crippen molar-refractivity contribution in [3.8, 4) is 0 Å². The summed E-state index contributed by atoms with van der Waals surface area (Å²) in [5.41, 5.74) is 3.47. The van der Waals surface area contributed by atoms with E-state index in [0.29, 0.717) is 11.3 Å². The van der Waals surface area contributed by atoms with Crippen molar-refractivity contribution < 1.29 is 4.42 Å². The maximum absolute atomic E-state index is 12.0. The monoisotopic (exact) mass is 354 g/mol. The molecular formula is C18H14N2O2S2. The Morgan fingerprint density at radius 1 is 1.17 bits per heavy atom. The van der Waals surface area contributed by atoms with Gasteiger partial charge in [0.25, 0.3) is 0 Å². The first-order valence-corrected chi connectivity index (χ1v) is 9.34. The van der Waals surface area contributed by atoms with E-state index in [2.05, 4.69) is 16.0 Å². The fraction of sp³-hybridized carbons (Fsp3) is 0.167. The lowest BCUT2D eigenvalue weighted by Crippen LogP contribution is -2.01. The molecule has 0 saturated heterocycles. The van der Waals surface area contributed by atoms with Crippen molar-refractivity contribution in [3.05, 3.63) is 63.1 Å². The Kier molecular flexibility index (Phi) is 3.86. The second-order valence-electron chi connectivity index (χ2n) is 5.58. The summed E-state index contributed by atoms with van der Waals surface area (Å²) in [5.74, 6) is 0.659. The minimum absolute atomic E-state index is 0.310. The summed E-state index contributed by atoms with van der Waals surface area (Å²) in [5, 5.41) is 5.00. The van der Waals surface area contributed by atoms with Gasteiger partial charge in [0.1, 0.15) is 21.8 Å². The molecule has 0 radical (unpaired) electrons. The Morgan fingerprint density at radius 2 is 2.04 bits per heavy atom. The van der Waals surface area contributed by atoms with E-state index in [0.717, 1.165) is 37.3 Å². The Morgan fingerprint density at radius 3 is 2.92 bits per heavy atom. The molecule has 0 aliphatic rings. The SMILES string of the molecule is Cc1ccc2c(CSc3ncnc4sccc34)cc(=O)oc2c1C. The molecule has 0 saturated carbocycles. The van der Waals surface area contributed by atoms with Crippen molar-refractivity contribution >= 4 is 44.3 Å². The van der Waals surface area contributed by atoms with E-state index in [1.165, 1.54) is 0 Å². The average Bonchev–Trinajstić information content (AvgIpc) is 3.05. The lowest BCUT2D eigenvalue weighted by atomic mass is 10.0. The van der Waals surface area contributed by atoms with E-state index in [4.69, 9.17) is 4.42 Å². The van der Waals surface area contributed by atoms with E-state index < -0.39 is 0 Å². The average molecular weight is 354 g/mol. The van der Waals surface area contributed by atoms with Crippen LogP contribution in [0.1, 0.15) is 16.7 Å². The number of hydrogen-bond acceptors (Lipinski definition) is 6. The molecule has 3 aromatic heterocycles. The predicted molar refractivity (Wildman–Crippen MR) is 98.9 cm³/mol. The lowest BCUT2D eigenvalue weighted by molar-refractivity contribution is 0.557. The summed E-state index contributed by atoms with van der Waals surface area (Å²) in [6, 6.07) is 7.70. The largest absolute Gasteiger partial charge is 0.422 e. The number of fused-ring (bicyclic) bond motifs is 2. The molecule has 0 atom stereocenters. The van der Waals surface area contributed by atoms with Crippen molar-refractivity contribution in [1.29, 1.82) is 0 Å². The smallest absolute Gasteiger partial charge is 0.336 e. The highest BCUT2D eigenvalue weighted by Gasteiger charge is 2.11. The number of thioether (sulfide) groups is 1. The number of benzene rings is 1. The molecule has 0 spiro atoms. The summed E-state index contributed by atoms with van der Waals surface area (Å²) >= 11 is 3.22. The highest BCUT2D eigenvalue weighted by molar-refractivity contribution is 7.98. The van der Waals surface area contributed by atoms with Crippen LogP contribution < -0.4 is 5.63 Å². The van der Waals surface area contributed by atoms with E-state index >= 15 is 0 Å². The van der Waals surface area contributed by atoms with Crippen LogP contribution in [0.25, 0.3) is 21.2 Å². The summed E-state index contributed by atoms with van der Waals surface area (Å²) < 4.78 is 5.44. The zero-order valence-electron chi connectivity index (χ0n) is 13.2. The van der Waals surface area contributed by atoms with Crippen molar-refractivity contribution in [2.45, 2.75) is 24.6 Å². The molecule has 0 aliphatic heterocycles. The van der Waals surface area contributed by atoms with Crippen LogP contribution in [-0.4, -0.2) is 9.97 Å². The van der Waals surface area contributed by atoms with Gasteiger partial charge in [-0.15, -0.1) is 23.1 Å². The topological polar surface area (TPSA) is 56.0 Å². The Bertz CT molecular complexity index is 1120. The van der Waals surface area contributed by atoms with Gasteiger partial charge in [-0.05, 0) is 42.0 Å². The molecule has 0 bridgehead atoms. The van der Waals surface area contributed by atoms with Crippen LogP contribution in [0.3, 0.4) is 0 Å². The number of hydrogen-bond donors (Lipinski definition) is 0. The van der Waals surface area contributed by atoms with Gasteiger partial charge in [0.05, 0.1) is 0 Å². The first-order chi connectivity index (χ1) is 11.6. The van der Waals surface area contributed by atoms with Crippen LogP contribution in [0.15, 0.2) is 50.2 Å². The lowest BCUT2D eigenvalue weighted by Gasteiger charge is -2.09. The quantitative estimate of drug-likeness (QED) is 0.303. The summed E-state index contributed by atoms with van der Waals surface area (Å²) in [6.07, 6.45) is 1.59. The predicted octanol–water partition coefficient (Wildman–Crippen LogP) is 4.71. The molecule has 0 aliphatic carbocycles. The zero-order chi connectivity index (χ0) is 16.7. The third-order valence-electron chi connectivity index (χ3n) is 4.11. The fourth-order valence-corrected chi connectivity index (χ4v) is 4.44. The molecule has 6 heteroatoms. The van der Waals surface area contributed by atoms with Gasteiger partial charge in [-0.3, -0.25) is 0 Å². The van der Waals surface area contributed by atoms with Crippen LogP contribution >= 0.6 is 23.1 Å². The Hall–Kier alpha value is -2.18. The Balaban J connectivity index is 1.76. The second-order valence-corrected chi connectivity index (χ2v) is 7.44. The molecule has 24 heavy (non-hydrogen) atoms. The molecule has 0 N–H and O–H groups in total. The third kappa shape index (κ3) is 2.61. The van der Waals surface area contributed by atoms with Crippen molar-refractivity contribution in [2.75, 3.05) is 0 Å². The first-order valence-electron chi connectivity index (χ1n) is 7.47. The summed E-state index contributed by atoms with van der Waals surface area (Å²) in [4.78, 5) is 21.6. The molecule has 120 valence electrons. The van der Waals surface area contributed by atoms with Crippen LogP contribution in [0.2, 0.25) is 0 Å². The van der Waals surface area contributed by atoms with Gasteiger partial charge >= 0.3 is 5.63 Å². The van der Waals surface area contributed by atoms with E-state index in [9.17, 15) is 4.79 Å². The van der Waals surface area contributed by atoms with Gasteiger partial charge < -0.3 is 4.42 Å². The van der Waals surface area contributed by atoms with Gasteiger partial charge in [0.2, 0.25) is 0 Å². The Labute approximate surface area is 146 Å². The van der Waals surface area contributed by atoms with Crippen molar-refractivity contribution in [3.63, 3.8) is 0 Å². The highest BCUT2D eigenvalue weighted by Crippen LogP contribution is 2.32. The molecular weight excluding hydrogens is 340 g/mol. The number of nitrogens with zero attached hydrogens (tertiary/aromatic N) is 2. The van der Waals surface area contributed by atoms with Crippen LogP contribution in [0.4, 0.5) is 0 Å². The first kappa shape index (κ1) is 15.4. The van der Waals surface area contributed by atoms with Gasteiger partial charge in [-0.2, -0.15) is 0 Å². The number of thiophene rings is 1. The summed E-state index contributed by atoms with van der Waals surface area (Å²) in [6.45, 7) is 4.00. The van der Waals surface area contributed by atoms with Crippen LogP contribution in [0, 0.1) is 13.8 Å². The molecule has 4 aromatic rings. The van der Waals surface area contributed by atoms with Crippen LogP contribution in [-0.2, 0) is 5.75 Å². The van der Waals surface area contributed by atoms with E-state index in [1.807, 2.05) is 31.4 Å². The zero-order valence-corrected chi connectivity index (χ0v) is 14.8. The standard InChI is InChI=1S/C18H14N2O2S2/c1-10-3-4-13-12(7-15(21)22-16(13)11(10)2)8-24-18-14-5-6-23-17(14)19-9-20-18/h3-7,9H,8H2,1-2H3. The summed E-state index contributed by atoms with van der Waals surface area (Å²) in [7, 11) is 0. The number of rotatable bonds is 3.